The molecule has 0 bridgehead atoms. The Bertz CT molecular complexity index is 5010. The van der Waals surface area contributed by atoms with Crippen molar-refractivity contribution in [2.75, 3.05) is 0 Å². The minimum atomic E-state index is -1.13. The van der Waals surface area contributed by atoms with E-state index >= 15 is 0 Å². The Morgan fingerprint density at radius 2 is 0.673 bits per heavy atom. The lowest BCUT2D eigenvalue weighted by Gasteiger charge is -2.13. The third kappa shape index (κ3) is 5.46. The smallest absolute Gasteiger partial charge is 0.164 e. The second kappa shape index (κ2) is 12.8. The van der Waals surface area contributed by atoms with Crippen LogP contribution in [-0.2, 0) is 0 Å². The molecule has 0 radical (unpaired) electrons. The van der Waals surface area contributed by atoms with Gasteiger partial charge in [-0.05, 0) is 84.8 Å². The normalized spacial score (nSPS) is 19.5. The Labute approximate surface area is 365 Å². The van der Waals surface area contributed by atoms with Gasteiger partial charge in [0.2, 0.25) is 0 Å². The fourth-order valence-corrected chi connectivity index (χ4v) is 6.91. The van der Waals surface area contributed by atoms with Crippen molar-refractivity contribution >= 4 is 63.8 Å². The van der Waals surface area contributed by atoms with Crippen LogP contribution < -0.4 is 0 Å². The third-order valence-electron chi connectivity index (χ3n) is 8.38. The van der Waals surface area contributed by atoms with E-state index in [0.717, 1.165) is 0 Å². The molecular weight excluding hydrogens is 687 g/mol. The number of hydrogen-bond donors (Lipinski definition) is 0. The minimum absolute atomic E-state index is 0.0978. The van der Waals surface area contributed by atoms with E-state index in [-0.39, 0.29) is 20.2 Å². The molecule has 0 aliphatic heterocycles. The van der Waals surface area contributed by atoms with Crippen LogP contribution in [0.15, 0.2) is 187 Å². The number of benzene rings is 9. The highest BCUT2D eigenvalue weighted by Gasteiger charge is 2.15. The van der Waals surface area contributed by atoms with Crippen molar-refractivity contribution in [1.82, 2.24) is 15.0 Å². The van der Waals surface area contributed by atoms with Crippen LogP contribution in [0.4, 0.5) is 0 Å². The second-order valence-electron chi connectivity index (χ2n) is 11.6. The van der Waals surface area contributed by atoms with Gasteiger partial charge in [-0.25, -0.2) is 15.0 Å². The SMILES string of the molecule is [2H]c1c([2H])c([2H])c(-c2nc(-c3c([2H])c([2H])c([2H])c(-c4c([2H])c([2H])c([2H])c(-c5c([2H])c([2H])c6c7c([2H])c([2H])c([2H])c([2H])c7c7c([2H])c([2H])c([2H])c([2H])c7c6c5[2H])c4[2H])c3[2H])nc(-c3c([2H])c([2H])c4c(sc5c([2H])c([2H])c([2H])c([2H])c54)c3[2H])n2)c([2H])c1[2H]. The maximum atomic E-state index is 9.77. The van der Waals surface area contributed by atoms with Gasteiger partial charge in [0.15, 0.2) is 17.5 Å². The second-order valence-corrected chi connectivity index (χ2v) is 12.6. The van der Waals surface area contributed by atoms with Crippen molar-refractivity contribution < 1.29 is 42.5 Å². The Hall–Kier alpha value is -7.01. The number of aromatic nitrogens is 3. The van der Waals surface area contributed by atoms with E-state index in [0.29, 0.717) is 11.3 Å². The van der Waals surface area contributed by atoms with Gasteiger partial charge in [-0.1, -0.05) is 157 Å². The predicted molar refractivity (Wildman–Crippen MR) is 232 cm³/mol. The van der Waals surface area contributed by atoms with Crippen LogP contribution >= 0.6 is 11.3 Å². The molecule has 0 N–H and O–H groups in total. The molecule has 0 spiro atoms. The molecule has 0 fully saturated rings. The number of rotatable bonds is 5. The summed E-state index contributed by atoms with van der Waals surface area (Å²) in [6, 6.07) is -27.8. The first-order chi connectivity index (χ1) is 40.2. The lowest BCUT2D eigenvalue weighted by atomic mass is 9.91. The zero-order valence-electron chi connectivity index (χ0n) is 58.2. The van der Waals surface area contributed by atoms with Crippen LogP contribution in [0.5, 0.6) is 0 Å². The highest BCUT2D eigenvalue weighted by molar-refractivity contribution is 7.25. The molecule has 256 valence electrons. The molecule has 0 atom stereocenters. The topological polar surface area (TPSA) is 38.7 Å². The molecule has 3 nitrogen and oxygen atoms in total. The molecule has 4 heteroatoms. The summed E-state index contributed by atoms with van der Waals surface area (Å²) in [7, 11) is 0. The first-order valence-corrected chi connectivity index (χ1v) is 16.8. The van der Waals surface area contributed by atoms with Gasteiger partial charge in [-0.3, -0.25) is 0 Å². The van der Waals surface area contributed by atoms with Gasteiger partial charge in [0.25, 0.3) is 0 Å². The Morgan fingerprint density at radius 3 is 1.33 bits per heavy atom. The zero-order chi connectivity index (χ0) is 63.3. The van der Waals surface area contributed by atoms with E-state index in [1.54, 1.807) is 0 Å². The zero-order valence-corrected chi connectivity index (χ0v) is 28.1. The molecule has 0 unspecified atom stereocenters. The maximum absolute atomic E-state index is 9.77. The summed E-state index contributed by atoms with van der Waals surface area (Å²) < 4.78 is 277. The fraction of sp³-hybridized carbons (Fsp3) is 0. The minimum Gasteiger partial charge on any atom is -0.208 e. The quantitative estimate of drug-likeness (QED) is 0.165. The van der Waals surface area contributed by atoms with Gasteiger partial charge in [-0.2, -0.15) is 0 Å². The van der Waals surface area contributed by atoms with E-state index < -0.39 is 276 Å². The van der Waals surface area contributed by atoms with Crippen molar-refractivity contribution in [2.24, 2.45) is 0 Å². The van der Waals surface area contributed by atoms with Crippen molar-refractivity contribution in [2.45, 2.75) is 0 Å². The summed E-state index contributed by atoms with van der Waals surface area (Å²) in [4.78, 5) is 13.0. The van der Waals surface area contributed by atoms with E-state index in [1.165, 1.54) is 0 Å². The lowest BCUT2D eigenvalue weighted by Crippen LogP contribution is -2.00. The molecule has 2 aromatic heterocycles. The van der Waals surface area contributed by atoms with E-state index in [9.17, 15) is 16.4 Å². The number of nitrogens with zero attached hydrogens (tertiary/aromatic N) is 3. The van der Waals surface area contributed by atoms with Gasteiger partial charge in [-0.15, -0.1) is 11.3 Å². The number of fused-ring (bicyclic) bond motifs is 9. The van der Waals surface area contributed by atoms with Crippen LogP contribution in [0.3, 0.4) is 0 Å². The molecule has 0 aliphatic rings. The fourth-order valence-electron chi connectivity index (χ4n) is 5.94. The Kier molecular flexibility index (Phi) is 3.12. The van der Waals surface area contributed by atoms with Gasteiger partial charge in [0.05, 0.1) is 42.5 Å². The van der Waals surface area contributed by atoms with Crippen LogP contribution in [0, 0.1) is 0 Å². The summed E-state index contributed by atoms with van der Waals surface area (Å²) in [5, 5.41) is -3.75. The molecular formula is C51H31N3S. The molecule has 55 heavy (non-hydrogen) atoms. The number of hydrogen-bond acceptors (Lipinski definition) is 4. The highest BCUT2D eigenvalue weighted by atomic mass is 32.1. The summed E-state index contributed by atoms with van der Waals surface area (Å²) in [5.41, 5.74) is -6.04. The van der Waals surface area contributed by atoms with Crippen molar-refractivity contribution in [3.63, 3.8) is 0 Å². The summed E-state index contributed by atoms with van der Waals surface area (Å²) in [6.45, 7) is 0. The van der Waals surface area contributed by atoms with E-state index in [1.807, 2.05) is 0 Å². The van der Waals surface area contributed by atoms with Gasteiger partial charge in [0, 0.05) is 36.9 Å². The van der Waals surface area contributed by atoms with E-state index in [4.69, 9.17) is 26.0 Å². The maximum Gasteiger partial charge on any atom is 0.164 e. The van der Waals surface area contributed by atoms with Crippen LogP contribution in [0.25, 0.3) is 109 Å². The van der Waals surface area contributed by atoms with Crippen molar-refractivity contribution in [3.05, 3.63) is 187 Å². The van der Waals surface area contributed by atoms with Crippen LogP contribution in [-0.4, -0.2) is 15.0 Å². The standard InChI is InChI=1S/C51H31N3S/c1-2-12-32(13-3-1)49-52-50(54-51(53-49)38-25-27-45-44-22-8-9-23-47(44)55-48(45)31-38)37-17-11-16-35(29-37)33-14-10-15-34(28-33)36-24-26-43-41-20-5-4-18-39(41)40-19-6-7-21-42(40)46(43)30-36/h1-31H/i1D,2D,3D,4D,5D,6D,7D,8D,9D,10D,11D,12D,13D,14D,15D,16D,17D,18D,19D,20D,21D,22D,23D,24D,25D,26D,27D,28D,29D,30D,31D. The average Bonchev–Trinajstić information content (AvgIpc) is 0.763. The summed E-state index contributed by atoms with van der Waals surface area (Å²) in [6.07, 6.45) is 0. The molecule has 0 aliphatic carbocycles. The molecule has 0 saturated heterocycles. The molecule has 0 amide bonds. The number of thiophene rings is 1. The molecule has 9 aromatic carbocycles. The highest BCUT2D eigenvalue weighted by Crippen LogP contribution is 2.39. The first kappa shape index (κ1) is 13.4. The monoisotopic (exact) mass is 748 g/mol. The molecule has 0 saturated carbocycles. The average molecular weight is 749 g/mol. The summed E-state index contributed by atoms with van der Waals surface area (Å²) >= 11 is 0.650. The van der Waals surface area contributed by atoms with Gasteiger partial charge < -0.3 is 0 Å². The van der Waals surface area contributed by atoms with E-state index in [2.05, 4.69) is 15.0 Å². The Balaban J connectivity index is 1.25. The molecule has 2 heterocycles. The van der Waals surface area contributed by atoms with Gasteiger partial charge >= 0.3 is 0 Å². The molecule has 11 rings (SSSR count). The predicted octanol–water partition coefficient (Wildman–Crippen LogP) is 14.0. The van der Waals surface area contributed by atoms with Crippen molar-refractivity contribution in [1.29, 1.82) is 0 Å². The van der Waals surface area contributed by atoms with Gasteiger partial charge in [0.1, 0.15) is 0 Å². The largest absolute Gasteiger partial charge is 0.208 e. The lowest BCUT2D eigenvalue weighted by molar-refractivity contribution is 1.07. The molecule has 11 aromatic rings. The summed E-state index contributed by atoms with van der Waals surface area (Å²) in [5.74, 6) is -2.59. The Morgan fingerprint density at radius 1 is 0.273 bits per heavy atom. The van der Waals surface area contributed by atoms with Crippen LogP contribution in [0.2, 0.25) is 0 Å². The van der Waals surface area contributed by atoms with Crippen LogP contribution in [0.1, 0.15) is 42.5 Å². The first-order valence-electron chi connectivity index (χ1n) is 31.5. The third-order valence-corrected chi connectivity index (χ3v) is 9.40. The van der Waals surface area contributed by atoms with Crippen molar-refractivity contribution in [3.8, 4) is 56.4 Å².